The second kappa shape index (κ2) is 4.22. The Morgan fingerprint density at radius 2 is 2.11 bits per heavy atom. The first-order valence-corrected chi connectivity index (χ1v) is 5.80. The molecule has 18 heavy (non-hydrogen) atoms. The highest BCUT2D eigenvalue weighted by molar-refractivity contribution is 5.59. The van der Waals surface area contributed by atoms with Gasteiger partial charge < -0.3 is 4.98 Å². The molecule has 0 saturated carbocycles. The summed E-state index contributed by atoms with van der Waals surface area (Å²) in [5.74, 6) is -0.0842. The number of aromatic amines is 1. The Kier molecular flexibility index (Phi) is 2.55. The highest BCUT2D eigenvalue weighted by Gasteiger charge is 2.14. The zero-order valence-electron chi connectivity index (χ0n) is 9.61. The van der Waals surface area contributed by atoms with Gasteiger partial charge in [-0.1, -0.05) is 24.3 Å². The van der Waals surface area contributed by atoms with Gasteiger partial charge in [-0.2, -0.15) is 0 Å². The fourth-order valence-corrected chi connectivity index (χ4v) is 2.09. The van der Waals surface area contributed by atoms with Gasteiger partial charge in [0.05, 0.1) is 16.8 Å². The van der Waals surface area contributed by atoms with E-state index in [1.165, 1.54) is 6.07 Å². The largest absolute Gasteiger partial charge is 0.306 e. The molecule has 1 aromatic carbocycles. The van der Waals surface area contributed by atoms with Crippen LogP contribution < -0.4 is 5.56 Å². The molecular formula is C14H11FN2O. The van der Waals surface area contributed by atoms with Crippen molar-refractivity contribution in [2.75, 3.05) is 0 Å². The maximum atomic E-state index is 13.7. The number of allylic oxidation sites excluding steroid dienone is 1. The highest BCUT2D eigenvalue weighted by atomic mass is 19.1. The van der Waals surface area contributed by atoms with Gasteiger partial charge in [0.1, 0.15) is 11.6 Å². The lowest BCUT2D eigenvalue weighted by atomic mass is 10.0. The lowest BCUT2D eigenvalue weighted by molar-refractivity contribution is 0.629. The molecule has 0 bridgehead atoms. The number of hydrogen-bond donors (Lipinski definition) is 1. The highest BCUT2D eigenvalue weighted by Crippen LogP contribution is 2.20. The summed E-state index contributed by atoms with van der Waals surface area (Å²) in [5, 5.41) is 0. The summed E-state index contributed by atoms with van der Waals surface area (Å²) in [7, 11) is 0. The van der Waals surface area contributed by atoms with Crippen LogP contribution in [0.3, 0.4) is 0 Å². The van der Waals surface area contributed by atoms with Crippen LogP contribution in [0.25, 0.3) is 17.5 Å². The van der Waals surface area contributed by atoms with Gasteiger partial charge in [0.2, 0.25) is 0 Å². The first-order valence-electron chi connectivity index (χ1n) is 5.80. The minimum atomic E-state index is -0.382. The number of nitrogens with one attached hydrogen (secondary N) is 1. The molecule has 0 unspecified atom stereocenters. The summed E-state index contributed by atoms with van der Waals surface area (Å²) in [6, 6.07) is 6.29. The minimum Gasteiger partial charge on any atom is -0.306 e. The number of nitrogens with zero attached hydrogens (tertiary/aromatic N) is 1. The van der Waals surface area contributed by atoms with Crippen molar-refractivity contribution in [1.29, 1.82) is 0 Å². The van der Waals surface area contributed by atoms with Crippen molar-refractivity contribution < 1.29 is 4.39 Å². The predicted octanol–water partition coefficient (Wildman–Crippen LogP) is 2.54. The molecule has 3 nitrogen and oxygen atoms in total. The van der Waals surface area contributed by atoms with E-state index in [1.807, 2.05) is 6.08 Å². The number of aromatic nitrogens is 2. The van der Waals surface area contributed by atoms with Gasteiger partial charge in [-0.3, -0.25) is 4.79 Å². The van der Waals surface area contributed by atoms with Crippen LogP contribution >= 0.6 is 0 Å². The van der Waals surface area contributed by atoms with Crippen LogP contribution in [0.15, 0.2) is 35.1 Å². The Labute approximate surface area is 103 Å². The van der Waals surface area contributed by atoms with Gasteiger partial charge in [-0.05, 0) is 25.0 Å². The molecule has 1 aliphatic carbocycles. The average molecular weight is 242 g/mol. The van der Waals surface area contributed by atoms with Crippen LogP contribution in [0.5, 0.6) is 0 Å². The Hall–Kier alpha value is -2.23. The normalized spacial score (nSPS) is 13.4. The van der Waals surface area contributed by atoms with E-state index in [4.69, 9.17) is 0 Å². The lowest BCUT2D eigenvalue weighted by Crippen LogP contribution is -2.17. The Bertz CT molecular complexity index is 688. The number of hydrogen-bond acceptors (Lipinski definition) is 2. The Balaban J connectivity index is 2.21. The van der Waals surface area contributed by atoms with Crippen molar-refractivity contribution in [3.63, 3.8) is 0 Å². The van der Waals surface area contributed by atoms with E-state index in [2.05, 4.69) is 9.97 Å². The molecule has 0 fully saturated rings. The van der Waals surface area contributed by atoms with Crippen LogP contribution in [0, 0.1) is 5.82 Å². The van der Waals surface area contributed by atoms with Crippen molar-refractivity contribution >= 4 is 6.08 Å². The van der Waals surface area contributed by atoms with Crippen molar-refractivity contribution in [3.05, 3.63) is 57.8 Å². The lowest BCUT2D eigenvalue weighted by Gasteiger charge is -2.10. The molecule has 0 amide bonds. The molecule has 0 radical (unpaired) electrons. The molecule has 2 aromatic rings. The van der Waals surface area contributed by atoms with Crippen LogP contribution in [0.2, 0.25) is 0 Å². The molecule has 1 heterocycles. The third kappa shape index (κ3) is 1.76. The second-order valence-electron chi connectivity index (χ2n) is 4.20. The van der Waals surface area contributed by atoms with Gasteiger partial charge in [0.25, 0.3) is 5.56 Å². The smallest absolute Gasteiger partial charge is 0.258 e. The molecule has 0 saturated heterocycles. The van der Waals surface area contributed by atoms with Gasteiger partial charge >= 0.3 is 0 Å². The zero-order valence-corrected chi connectivity index (χ0v) is 9.61. The van der Waals surface area contributed by atoms with Gasteiger partial charge in [0, 0.05) is 0 Å². The van der Waals surface area contributed by atoms with E-state index in [9.17, 15) is 9.18 Å². The van der Waals surface area contributed by atoms with E-state index < -0.39 is 0 Å². The van der Waals surface area contributed by atoms with E-state index in [1.54, 1.807) is 24.3 Å². The number of rotatable bonds is 1. The summed E-state index contributed by atoms with van der Waals surface area (Å²) in [4.78, 5) is 18.9. The van der Waals surface area contributed by atoms with Gasteiger partial charge in [0.15, 0.2) is 0 Å². The molecule has 4 heteroatoms. The molecule has 90 valence electrons. The second-order valence-corrected chi connectivity index (χ2v) is 4.20. The first-order chi connectivity index (χ1) is 8.75. The summed E-state index contributed by atoms with van der Waals surface area (Å²) >= 11 is 0. The molecule has 0 spiro atoms. The maximum Gasteiger partial charge on any atom is 0.258 e. The monoisotopic (exact) mass is 242 g/mol. The fraction of sp³-hybridized carbons (Fsp3) is 0.143. The van der Waals surface area contributed by atoms with Crippen molar-refractivity contribution in [2.45, 2.75) is 12.8 Å². The predicted molar refractivity (Wildman–Crippen MR) is 67.6 cm³/mol. The van der Waals surface area contributed by atoms with Crippen LogP contribution in [-0.2, 0) is 6.42 Å². The maximum absolute atomic E-state index is 13.7. The molecular weight excluding hydrogens is 231 g/mol. The fourth-order valence-electron chi connectivity index (χ4n) is 2.09. The van der Waals surface area contributed by atoms with Crippen molar-refractivity contribution in [2.24, 2.45) is 0 Å². The molecule has 0 atom stereocenters. The van der Waals surface area contributed by atoms with Gasteiger partial charge in [-0.15, -0.1) is 0 Å². The standard InChI is InChI=1S/C14H11FN2O/c15-11-7-3-1-5-9(11)13-16-12-8-4-2-6-10(12)14(18)17-13/h1-3,5-7H,4,8H2,(H,16,17,18). The number of aryl methyl sites for hydroxylation is 1. The number of halogens is 1. The van der Waals surface area contributed by atoms with Crippen molar-refractivity contribution in [1.82, 2.24) is 9.97 Å². The molecule has 3 rings (SSSR count). The summed E-state index contributed by atoms with van der Waals surface area (Å²) < 4.78 is 13.7. The Morgan fingerprint density at radius 3 is 2.94 bits per heavy atom. The quantitative estimate of drug-likeness (QED) is 0.835. The average Bonchev–Trinajstić information content (AvgIpc) is 2.39. The Morgan fingerprint density at radius 1 is 1.28 bits per heavy atom. The topological polar surface area (TPSA) is 45.8 Å². The molecule has 1 N–H and O–H groups in total. The van der Waals surface area contributed by atoms with Gasteiger partial charge in [-0.25, -0.2) is 9.37 Å². The summed E-state index contributed by atoms with van der Waals surface area (Å²) in [6.07, 6.45) is 5.30. The first kappa shape index (κ1) is 10.9. The molecule has 1 aromatic heterocycles. The number of H-pyrrole nitrogens is 1. The summed E-state index contributed by atoms with van der Waals surface area (Å²) in [5.41, 5.74) is 1.43. The third-order valence-electron chi connectivity index (χ3n) is 3.00. The van der Waals surface area contributed by atoms with E-state index >= 15 is 0 Å². The summed E-state index contributed by atoms with van der Waals surface area (Å²) in [6.45, 7) is 0. The molecule has 1 aliphatic rings. The van der Waals surface area contributed by atoms with E-state index in [0.29, 0.717) is 17.0 Å². The van der Waals surface area contributed by atoms with Crippen LogP contribution in [-0.4, -0.2) is 9.97 Å². The molecule has 0 aliphatic heterocycles. The number of fused-ring (bicyclic) bond motifs is 1. The third-order valence-corrected chi connectivity index (χ3v) is 3.00. The minimum absolute atomic E-state index is 0.214. The number of benzene rings is 1. The van der Waals surface area contributed by atoms with E-state index in [-0.39, 0.29) is 11.4 Å². The van der Waals surface area contributed by atoms with Crippen molar-refractivity contribution in [3.8, 4) is 11.4 Å². The zero-order chi connectivity index (χ0) is 12.5. The van der Waals surface area contributed by atoms with Crippen LogP contribution in [0.4, 0.5) is 4.39 Å². The van der Waals surface area contributed by atoms with Crippen LogP contribution in [0.1, 0.15) is 17.7 Å². The van der Waals surface area contributed by atoms with E-state index in [0.717, 1.165) is 18.5 Å². The SMILES string of the molecule is O=c1[nH]c(-c2ccccc2F)nc2c1C=CCC2.